The van der Waals surface area contributed by atoms with Crippen LogP contribution in [0.15, 0.2) is 48.0 Å². The van der Waals surface area contributed by atoms with Crippen molar-refractivity contribution in [3.05, 3.63) is 101 Å². The average Bonchev–Trinajstić information content (AvgIpc) is 3.45. The first-order valence-corrected chi connectivity index (χ1v) is 20.2. The van der Waals surface area contributed by atoms with Gasteiger partial charge in [0.2, 0.25) is 11.4 Å². The molecule has 0 atom stereocenters. The van der Waals surface area contributed by atoms with Crippen LogP contribution in [-0.2, 0) is 42.2 Å². The first kappa shape index (κ1) is 47.0. The molecule has 0 unspecified atom stereocenters. The molecule has 1 aliphatic rings. The van der Waals surface area contributed by atoms with Crippen LogP contribution in [0.25, 0.3) is 16.9 Å². The Hall–Kier alpha value is -1.99. The smallest absolute Gasteiger partial charge is 0.493 e. The molecule has 49 heavy (non-hydrogen) atoms. The van der Waals surface area contributed by atoms with E-state index in [1.807, 2.05) is 0 Å². The van der Waals surface area contributed by atoms with Crippen molar-refractivity contribution in [2.24, 2.45) is 0 Å². The van der Waals surface area contributed by atoms with Crippen molar-refractivity contribution in [3.63, 3.8) is 0 Å². The van der Waals surface area contributed by atoms with Crippen LogP contribution < -0.4 is 0 Å². The molecule has 3 heteroatoms. The van der Waals surface area contributed by atoms with Gasteiger partial charge in [0.25, 0.3) is 0 Å². The third kappa shape index (κ3) is 17.2. The minimum Gasteiger partial charge on any atom is -0.493 e. The third-order valence-corrected chi connectivity index (χ3v) is 9.31. The summed E-state index contributed by atoms with van der Waals surface area (Å²) >= 11 is 0. The van der Waals surface area contributed by atoms with E-state index in [-0.39, 0.29) is 16.5 Å². The fraction of sp³-hybridized carbons (Fsp3) is 0.609. The van der Waals surface area contributed by atoms with Gasteiger partial charge in [-0.15, -0.1) is 0 Å². The monoisotopic (exact) mass is 713 g/mol. The van der Waals surface area contributed by atoms with Crippen molar-refractivity contribution >= 4 is 11.4 Å². The number of aryl methyl sites for hydroxylation is 4. The summed E-state index contributed by atoms with van der Waals surface area (Å²) in [5.41, 5.74) is 23.4. The molecule has 3 rings (SSSR count). The molecule has 0 radical (unpaired) electrons. The van der Waals surface area contributed by atoms with Gasteiger partial charge in [-0.25, -0.2) is 4.70 Å². The molecule has 2 aromatic carbocycles. The van der Waals surface area contributed by atoms with Crippen LogP contribution in [0.1, 0.15) is 191 Å². The number of rotatable bonds is 23. The fourth-order valence-electron chi connectivity index (χ4n) is 6.66. The van der Waals surface area contributed by atoms with Gasteiger partial charge in [-0.2, -0.15) is 13.8 Å². The Morgan fingerprint density at radius 2 is 0.796 bits per heavy atom. The molecule has 0 bridgehead atoms. The van der Waals surface area contributed by atoms with E-state index in [1.165, 1.54) is 142 Å². The van der Waals surface area contributed by atoms with Crippen LogP contribution in [0.3, 0.4) is 0 Å². The van der Waals surface area contributed by atoms with Crippen molar-refractivity contribution in [2.75, 3.05) is 0 Å². The fourth-order valence-corrected chi connectivity index (χ4v) is 6.66. The molecule has 0 fully saturated rings. The molecule has 1 aliphatic heterocycles. The maximum Gasteiger partial charge on any atom is 2.00 e. The van der Waals surface area contributed by atoms with Gasteiger partial charge in [0.15, 0.2) is 0 Å². The van der Waals surface area contributed by atoms with Gasteiger partial charge in [-0.3, -0.25) is 0 Å². The second-order valence-electron chi connectivity index (χ2n) is 13.4. The molecule has 2 nitrogen and oxygen atoms in total. The minimum atomic E-state index is 0. The molecular weight excluding hydrogens is 639 g/mol. The number of hydrogen-bond acceptors (Lipinski definition) is 0. The van der Waals surface area contributed by atoms with Crippen molar-refractivity contribution in [2.45, 2.75) is 183 Å². The van der Waals surface area contributed by atoms with Gasteiger partial charge < -0.3 is 19.4 Å². The summed E-state index contributed by atoms with van der Waals surface area (Å²) in [5, 5.41) is 0. The van der Waals surface area contributed by atoms with E-state index >= 15 is 0 Å². The Bertz CT molecular complexity index is 1220. The number of nitrogens with zero attached hydrogens (tertiary/aromatic N) is 2. The second-order valence-corrected chi connectivity index (χ2v) is 13.4. The van der Waals surface area contributed by atoms with Crippen molar-refractivity contribution in [3.8, 4) is 0 Å². The summed E-state index contributed by atoms with van der Waals surface area (Å²) in [4.78, 5) is 0. The first-order valence-electron chi connectivity index (χ1n) is 20.2. The summed E-state index contributed by atoms with van der Waals surface area (Å²) in [5.74, 6) is 0. The van der Waals surface area contributed by atoms with Crippen molar-refractivity contribution < 1.29 is 21.2 Å². The first-order chi connectivity index (χ1) is 23.5. The van der Waals surface area contributed by atoms with E-state index in [2.05, 4.69) is 90.9 Å². The van der Waals surface area contributed by atoms with Gasteiger partial charge in [0, 0.05) is 22.8 Å². The second kappa shape index (κ2) is 29.7. The number of hydrogen-bond donors (Lipinski definition) is 0. The molecule has 0 amide bonds. The summed E-state index contributed by atoms with van der Waals surface area (Å²) < 4.78 is 1.57. The molecule has 0 spiro atoms. The van der Waals surface area contributed by atoms with E-state index in [0.717, 1.165) is 43.5 Å². The molecule has 1 heterocycles. The Kier molecular flexibility index (Phi) is 28.5. The van der Waals surface area contributed by atoms with Crippen molar-refractivity contribution in [1.29, 1.82) is 0 Å². The number of benzene rings is 2. The van der Waals surface area contributed by atoms with Gasteiger partial charge in [-0.1, -0.05) is 117 Å². The summed E-state index contributed by atoms with van der Waals surface area (Å²) in [6.07, 6.45) is 27.8. The zero-order valence-electron chi connectivity index (χ0n) is 33.0. The normalized spacial score (nSPS) is 12.2. The van der Waals surface area contributed by atoms with Crippen LogP contribution in [0.2, 0.25) is 0 Å². The predicted octanol–water partition coefficient (Wildman–Crippen LogP) is 15.1. The van der Waals surface area contributed by atoms with Gasteiger partial charge in [-0.05, 0) is 111 Å². The van der Waals surface area contributed by atoms with Crippen LogP contribution >= 0.6 is 0 Å². The molecule has 2 aromatic rings. The van der Waals surface area contributed by atoms with Crippen LogP contribution in [0.4, 0.5) is 0 Å². The van der Waals surface area contributed by atoms with Crippen LogP contribution in [0, 0.1) is 13.8 Å². The Balaban J connectivity index is 0.00000444. The number of allylic oxidation sites excluding steroid dienone is 2. The molecule has 0 N–H and O–H groups in total. The van der Waals surface area contributed by atoms with Crippen LogP contribution in [0.5, 0.6) is 0 Å². The molecule has 0 saturated heterocycles. The molecule has 0 aromatic heterocycles. The third-order valence-electron chi connectivity index (χ3n) is 9.31. The standard InChI is InChI=1S/C42H64N2.2C2H5.Ni/c1-6-11-16-17-18-21-26-38-33-41(39-29-34(22-14-9-4)27-36(30-39)24-19-12-7-2)44(43)42(38)40-31-35(23-15-10-5)28-37(32-40)25-20-13-8-3;2*1-2;/h27-33H,6-26H2,1-5H3;2*1H2,2H3;/q;2*-1;+2. The Morgan fingerprint density at radius 3 is 1.24 bits per heavy atom. The summed E-state index contributed by atoms with van der Waals surface area (Å²) in [6, 6.07) is 14.3. The predicted molar refractivity (Wildman–Crippen MR) is 215 cm³/mol. The van der Waals surface area contributed by atoms with E-state index in [4.69, 9.17) is 0 Å². The average molecular weight is 714 g/mol. The molecule has 0 saturated carbocycles. The maximum atomic E-state index is 12.0. The van der Waals surface area contributed by atoms with Gasteiger partial charge >= 0.3 is 16.5 Å². The summed E-state index contributed by atoms with van der Waals surface area (Å²) in [6.45, 7) is 21.4. The van der Waals surface area contributed by atoms with Crippen molar-refractivity contribution in [1.82, 2.24) is 0 Å². The summed E-state index contributed by atoms with van der Waals surface area (Å²) in [7, 11) is 0. The quantitative estimate of drug-likeness (QED) is 0.0474. The topological polar surface area (TPSA) is 25.3 Å². The zero-order chi connectivity index (χ0) is 35.6. The molecule has 278 valence electrons. The van der Waals surface area contributed by atoms with Crippen LogP contribution in [-0.4, -0.2) is 4.70 Å². The molecule has 0 aliphatic carbocycles. The van der Waals surface area contributed by atoms with E-state index in [0.29, 0.717) is 0 Å². The number of unbranched alkanes of at least 4 members (excludes halogenated alkanes) is 11. The van der Waals surface area contributed by atoms with Gasteiger partial charge in [0.1, 0.15) is 0 Å². The molecular formula is C46H74N2Ni. The Labute approximate surface area is 315 Å². The SMILES string of the molecule is CCCCCCCCC1=C(c2cc(CCCC)cc(CCCCC)c2)[N+](=[N-])C(c2cc(CCCC)cc(CCCCC)c2)=C1.[CH2-]C.[CH2-]C.[Ni+2]. The zero-order valence-corrected chi connectivity index (χ0v) is 34.0. The van der Waals surface area contributed by atoms with E-state index in [1.54, 1.807) is 18.5 Å². The maximum absolute atomic E-state index is 12.0. The van der Waals surface area contributed by atoms with Gasteiger partial charge in [0.05, 0.1) is 0 Å². The minimum absolute atomic E-state index is 0. The van der Waals surface area contributed by atoms with E-state index < -0.39 is 0 Å². The van der Waals surface area contributed by atoms with E-state index in [9.17, 15) is 5.53 Å². The largest absolute Gasteiger partial charge is 2.00 e. The Morgan fingerprint density at radius 1 is 0.449 bits per heavy atom.